The van der Waals surface area contributed by atoms with Gasteiger partial charge >= 0.3 is 0 Å². The molecule has 24 heavy (non-hydrogen) atoms. The molecule has 0 aliphatic carbocycles. The highest BCUT2D eigenvalue weighted by molar-refractivity contribution is 6.30. The van der Waals surface area contributed by atoms with Gasteiger partial charge < -0.3 is 15.2 Å². The summed E-state index contributed by atoms with van der Waals surface area (Å²) in [7, 11) is 0. The molecule has 0 radical (unpaired) electrons. The second kappa shape index (κ2) is 7.66. The molecule has 1 fully saturated rings. The Bertz CT molecular complexity index is 666. The molecule has 1 aromatic carbocycles. The van der Waals surface area contributed by atoms with Crippen molar-refractivity contribution in [3.05, 3.63) is 52.3 Å². The first-order valence-electron chi connectivity index (χ1n) is 8.33. The van der Waals surface area contributed by atoms with Crippen LogP contribution in [0.4, 0.5) is 0 Å². The Morgan fingerprint density at radius 1 is 1.29 bits per heavy atom. The van der Waals surface area contributed by atoms with Crippen LogP contribution in [0.25, 0.3) is 0 Å². The molecule has 1 aromatic heterocycles. The highest BCUT2D eigenvalue weighted by Gasteiger charge is 2.32. The molecule has 1 aliphatic heterocycles. The second-order valence-electron chi connectivity index (χ2n) is 6.40. The minimum atomic E-state index is -0.282. The number of halogens is 1. The summed E-state index contributed by atoms with van der Waals surface area (Å²) in [6, 6.07) is 10.1. The summed E-state index contributed by atoms with van der Waals surface area (Å²) in [5, 5.41) is 18.5. The summed E-state index contributed by atoms with van der Waals surface area (Å²) in [6.45, 7) is 4.67. The van der Waals surface area contributed by atoms with Gasteiger partial charge in [-0.15, -0.1) is 0 Å². The molecule has 5 nitrogen and oxygen atoms in total. The Morgan fingerprint density at radius 2 is 2.00 bits per heavy atom. The fourth-order valence-corrected chi connectivity index (χ4v) is 3.38. The molecule has 1 aliphatic rings. The van der Waals surface area contributed by atoms with Gasteiger partial charge in [0.05, 0.1) is 18.8 Å². The highest BCUT2D eigenvalue weighted by Crippen LogP contribution is 2.24. The van der Waals surface area contributed by atoms with Gasteiger partial charge in [-0.2, -0.15) is 5.10 Å². The van der Waals surface area contributed by atoms with Gasteiger partial charge in [-0.25, -0.2) is 4.68 Å². The quantitative estimate of drug-likeness (QED) is 0.841. The van der Waals surface area contributed by atoms with Gasteiger partial charge in [0.1, 0.15) is 5.15 Å². The first-order valence-corrected chi connectivity index (χ1v) is 8.71. The maximum Gasteiger partial charge on any atom is 0.132 e. The fraction of sp³-hybridized carbons (Fsp3) is 0.500. The van der Waals surface area contributed by atoms with Gasteiger partial charge in [-0.3, -0.25) is 0 Å². The molecule has 2 heterocycles. The third-order valence-corrected chi connectivity index (χ3v) is 5.17. The van der Waals surface area contributed by atoms with Gasteiger partial charge in [0.25, 0.3) is 0 Å². The summed E-state index contributed by atoms with van der Waals surface area (Å²) in [4.78, 5) is 0. The summed E-state index contributed by atoms with van der Waals surface area (Å²) < 4.78 is 7.24. The van der Waals surface area contributed by atoms with E-state index in [1.54, 1.807) is 0 Å². The van der Waals surface area contributed by atoms with E-state index < -0.39 is 0 Å². The fourth-order valence-electron chi connectivity index (χ4n) is 3.08. The molecular formula is C18H24ClN3O2. The predicted octanol–water partition coefficient (Wildman–Crippen LogP) is 2.52. The monoisotopic (exact) mass is 349 g/mol. The van der Waals surface area contributed by atoms with E-state index in [2.05, 4.69) is 22.5 Å². The lowest BCUT2D eigenvalue weighted by Gasteiger charge is -2.36. The van der Waals surface area contributed by atoms with Crippen molar-refractivity contribution in [2.24, 2.45) is 0 Å². The number of ether oxygens (including phenoxy) is 1. The zero-order valence-corrected chi connectivity index (χ0v) is 14.7. The Kier molecular flexibility index (Phi) is 5.56. The van der Waals surface area contributed by atoms with E-state index in [1.165, 1.54) is 0 Å². The van der Waals surface area contributed by atoms with Crippen LogP contribution in [0.2, 0.25) is 5.15 Å². The van der Waals surface area contributed by atoms with Crippen LogP contribution < -0.4 is 5.32 Å². The summed E-state index contributed by atoms with van der Waals surface area (Å²) in [5.41, 5.74) is 2.79. The van der Waals surface area contributed by atoms with Crippen LogP contribution in [-0.2, 0) is 17.8 Å². The van der Waals surface area contributed by atoms with E-state index in [4.69, 9.17) is 16.3 Å². The smallest absolute Gasteiger partial charge is 0.132 e. The van der Waals surface area contributed by atoms with Crippen molar-refractivity contribution >= 4 is 11.6 Å². The molecule has 0 bridgehead atoms. The van der Waals surface area contributed by atoms with Crippen LogP contribution in [0.1, 0.15) is 29.7 Å². The standard InChI is InChI=1S/C18H24ClN3O2/c1-14-16(11-20-18(13-23)7-9-24-10-8-18)17(19)22(21-14)12-15-5-3-2-4-6-15/h2-6,20,23H,7-13H2,1H3. The van der Waals surface area contributed by atoms with Gasteiger partial charge in [-0.1, -0.05) is 41.9 Å². The molecule has 130 valence electrons. The van der Waals surface area contributed by atoms with Crippen molar-refractivity contribution in [3.63, 3.8) is 0 Å². The predicted molar refractivity (Wildman–Crippen MR) is 94.2 cm³/mol. The van der Waals surface area contributed by atoms with Gasteiger partial charge in [0.2, 0.25) is 0 Å². The van der Waals surface area contributed by atoms with Gasteiger partial charge in [0.15, 0.2) is 0 Å². The van der Waals surface area contributed by atoms with Crippen molar-refractivity contribution < 1.29 is 9.84 Å². The largest absolute Gasteiger partial charge is 0.394 e. The Hall–Kier alpha value is -1.40. The molecule has 0 atom stereocenters. The number of aryl methyl sites for hydroxylation is 1. The first kappa shape index (κ1) is 17.4. The molecule has 2 N–H and O–H groups in total. The van der Waals surface area contributed by atoms with Crippen LogP contribution in [0.15, 0.2) is 30.3 Å². The number of nitrogens with zero attached hydrogens (tertiary/aromatic N) is 2. The van der Waals surface area contributed by atoms with E-state index in [-0.39, 0.29) is 12.1 Å². The third-order valence-electron chi connectivity index (χ3n) is 4.75. The number of hydrogen-bond acceptors (Lipinski definition) is 4. The Morgan fingerprint density at radius 3 is 2.67 bits per heavy atom. The number of benzene rings is 1. The molecule has 2 aromatic rings. The van der Waals surface area contributed by atoms with Crippen molar-refractivity contribution in [1.82, 2.24) is 15.1 Å². The lowest BCUT2D eigenvalue weighted by Crippen LogP contribution is -2.51. The van der Waals surface area contributed by atoms with Crippen LogP contribution >= 0.6 is 11.6 Å². The summed E-state index contributed by atoms with van der Waals surface area (Å²) in [5.74, 6) is 0. The SMILES string of the molecule is Cc1nn(Cc2ccccc2)c(Cl)c1CNC1(CO)CCOCC1. The summed E-state index contributed by atoms with van der Waals surface area (Å²) in [6.07, 6.45) is 1.61. The number of hydrogen-bond donors (Lipinski definition) is 2. The molecule has 1 saturated heterocycles. The number of rotatable bonds is 6. The average molecular weight is 350 g/mol. The van der Waals surface area contributed by atoms with Gasteiger partial charge in [-0.05, 0) is 25.3 Å². The lowest BCUT2D eigenvalue weighted by molar-refractivity contribution is 0.0111. The normalized spacial score (nSPS) is 17.1. The van der Waals surface area contributed by atoms with E-state index >= 15 is 0 Å². The molecule has 0 spiro atoms. The van der Waals surface area contributed by atoms with Crippen LogP contribution in [0, 0.1) is 6.92 Å². The van der Waals surface area contributed by atoms with Crippen molar-refractivity contribution in [1.29, 1.82) is 0 Å². The minimum Gasteiger partial charge on any atom is -0.394 e. The zero-order chi connectivity index (χ0) is 17.0. The van der Waals surface area contributed by atoms with E-state index in [0.717, 1.165) is 29.7 Å². The molecule has 0 amide bonds. The van der Waals surface area contributed by atoms with Crippen molar-refractivity contribution in [2.75, 3.05) is 19.8 Å². The maximum absolute atomic E-state index is 9.79. The molecule has 0 unspecified atom stereocenters. The zero-order valence-electron chi connectivity index (χ0n) is 14.0. The topological polar surface area (TPSA) is 59.3 Å². The Balaban J connectivity index is 1.72. The lowest BCUT2D eigenvalue weighted by atomic mass is 9.91. The Labute approximate surface area is 147 Å². The first-order chi connectivity index (χ1) is 11.6. The molecule has 6 heteroatoms. The number of aliphatic hydroxyl groups excluding tert-OH is 1. The highest BCUT2D eigenvalue weighted by atomic mass is 35.5. The maximum atomic E-state index is 9.79. The number of aliphatic hydroxyl groups is 1. The van der Waals surface area contributed by atoms with Crippen LogP contribution in [-0.4, -0.2) is 40.2 Å². The van der Waals surface area contributed by atoms with Crippen molar-refractivity contribution in [3.8, 4) is 0 Å². The van der Waals surface area contributed by atoms with Gasteiger partial charge in [0, 0.05) is 30.9 Å². The summed E-state index contributed by atoms with van der Waals surface area (Å²) >= 11 is 6.56. The molecular weight excluding hydrogens is 326 g/mol. The third kappa shape index (κ3) is 3.81. The molecule has 0 saturated carbocycles. The number of aromatic nitrogens is 2. The minimum absolute atomic E-state index is 0.102. The van der Waals surface area contributed by atoms with E-state index in [1.807, 2.05) is 29.8 Å². The van der Waals surface area contributed by atoms with Crippen molar-refractivity contribution in [2.45, 2.75) is 38.4 Å². The van der Waals surface area contributed by atoms with Crippen LogP contribution in [0.5, 0.6) is 0 Å². The van der Waals surface area contributed by atoms with E-state index in [0.29, 0.717) is 31.5 Å². The average Bonchev–Trinajstić information content (AvgIpc) is 2.88. The van der Waals surface area contributed by atoms with Crippen LogP contribution in [0.3, 0.4) is 0 Å². The molecule has 3 rings (SSSR count). The van der Waals surface area contributed by atoms with E-state index in [9.17, 15) is 5.11 Å². The number of nitrogens with one attached hydrogen (secondary N) is 1. The second-order valence-corrected chi connectivity index (χ2v) is 6.76.